The average Bonchev–Trinajstić information content (AvgIpc) is 2.85. The van der Waals surface area contributed by atoms with Crippen LogP contribution in [0.4, 0.5) is 0 Å². The zero-order valence-corrected chi connectivity index (χ0v) is 15.9. The van der Waals surface area contributed by atoms with Crippen LogP contribution in [0.5, 0.6) is 0 Å². The van der Waals surface area contributed by atoms with E-state index < -0.39 is 0 Å². The Labute approximate surface area is 133 Å². The van der Waals surface area contributed by atoms with E-state index in [2.05, 4.69) is 13.1 Å². The van der Waals surface area contributed by atoms with Crippen LogP contribution in [0.1, 0.15) is 0 Å². The minimum atomic E-state index is 0. The molecular weight excluding hydrogens is 422 g/mol. The number of hydrogen-bond donors (Lipinski definition) is 0. The van der Waals surface area contributed by atoms with Crippen molar-refractivity contribution in [3.05, 3.63) is 60.7 Å². The van der Waals surface area contributed by atoms with Gasteiger partial charge >= 0.3 is 25.8 Å². The van der Waals surface area contributed by atoms with Gasteiger partial charge in [0.05, 0.1) is 0 Å². The average molecular weight is 439 g/mol. The molecule has 0 amide bonds. The molecule has 0 saturated carbocycles. The maximum absolute atomic E-state index is 2.21. The molecule has 4 heteroatoms. The van der Waals surface area contributed by atoms with E-state index in [0.29, 0.717) is 0 Å². The van der Waals surface area contributed by atoms with Crippen molar-refractivity contribution in [1.29, 1.82) is 0 Å². The summed E-state index contributed by atoms with van der Waals surface area (Å²) in [4.78, 5) is 0. The van der Waals surface area contributed by atoms with Gasteiger partial charge in [0.1, 0.15) is 0 Å². The zero-order valence-electron chi connectivity index (χ0n) is 9.61. The van der Waals surface area contributed by atoms with Crippen molar-refractivity contribution in [3.63, 3.8) is 0 Å². The van der Waals surface area contributed by atoms with Gasteiger partial charge in [-0.3, -0.25) is 0 Å². The molecule has 0 N–H and O–H groups in total. The van der Waals surface area contributed by atoms with Crippen molar-refractivity contribution in [2.75, 3.05) is 0 Å². The van der Waals surface area contributed by atoms with Gasteiger partial charge in [-0.15, -0.1) is 0 Å². The molecule has 0 aliphatic rings. The SMILES string of the molecule is C[SiH]C.[Cl-].[Cl-].[Hf+4].c1cc[cH-]c1.c1cc[cH-]c1. The van der Waals surface area contributed by atoms with Crippen LogP contribution in [-0.4, -0.2) is 9.52 Å². The second-order valence-corrected chi connectivity index (χ2v) is 3.66. The fourth-order valence-corrected chi connectivity index (χ4v) is 0.642. The van der Waals surface area contributed by atoms with E-state index in [9.17, 15) is 0 Å². The van der Waals surface area contributed by atoms with Crippen LogP contribution < -0.4 is 24.8 Å². The summed E-state index contributed by atoms with van der Waals surface area (Å²) < 4.78 is 0. The van der Waals surface area contributed by atoms with Crippen molar-refractivity contribution in [2.24, 2.45) is 0 Å². The molecule has 0 unspecified atom stereocenters. The van der Waals surface area contributed by atoms with Gasteiger partial charge in [-0.2, -0.15) is 36.4 Å². The van der Waals surface area contributed by atoms with E-state index in [-0.39, 0.29) is 50.7 Å². The molecule has 2 aromatic carbocycles. The molecule has 87 valence electrons. The van der Waals surface area contributed by atoms with Gasteiger partial charge in [-0.05, 0) is 0 Å². The maximum atomic E-state index is 2.21. The zero-order chi connectivity index (χ0) is 9.78. The van der Waals surface area contributed by atoms with Crippen molar-refractivity contribution >= 4 is 9.52 Å². The molecule has 0 aliphatic heterocycles. The normalized spacial score (nSPS) is 6.12. The van der Waals surface area contributed by atoms with E-state index in [1.807, 2.05) is 60.7 Å². The largest absolute Gasteiger partial charge is 4.00 e. The summed E-state index contributed by atoms with van der Waals surface area (Å²) in [5.41, 5.74) is 0. The van der Waals surface area contributed by atoms with Crippen LogP contribution >= 0.6 is 0 Å². The second kappa shape index (κ2) is 24.5. The van der Waals surface area contributed by atoms with Crippen molar-refractivity contribution in [2.45, 2.75) is 13.1 Å². The summed E-state index contributed by atoms with van der Waals surface area (Å²) in [6.45, 7) is 4.42. The van der Waals surface area contributed by atoms with Gasteiger partial charge < -0.3 is 24.8 Å². The summed E-state index contributed by atoms with van der Waals surface area (Å²) in [5, 5.41) is 0. The smallest absolute Gasteiger partial charge is 1.00 e. The number of hydrogen-bond acceptors (Lipinski definition) is 0. The first kappa shape index (κ1) is 25.3. The van der Waals surface area contributed by atoms with E-state index in [1.54, 1.807) is 0 Å². The summed E-state index contributed by atoms with van der Waals surface area (Å²) in [7, 11) is 0.750. The molecule has 0 bridgehead atoms. The topological polar surface area (TPSA) is 0 Å². The minimum Gasteiger partial charge on any atom is -1.00 e. The number of rotatable bonds is 0. The molecule has 2 rings (SSSR count). The van der Waals surface area contributed by atoms with Crippen LogP contribution in [0, 0.1) is 0 Å². The quantitative estimate of drug-likeness (QED) is 0.311. The molecule has 0 aliphatic carbocycles. The fourth-order valence-electron chi connectivity index (χ4n) is 0.642. The molecule has 0 fully saturated rings. The Balaban J connectivity index is -0.0000000638. The third-order valence-electron chi connectivity index (χ3n) is 1.11. The minimum absolute atomic E-state index is 0. The Kier molecular flexibility index (Phi) is 38.8. The van der Waals surface area contributed by atoms with E-state index in [1.165, 1.54) is 0 Å². The predicted molar refractivity (Wildman–Crippen MR) is 62.9 cm³/mol. The molecular formula is C12H17Cl2HfSi. The Morgan fingerprint density at radius 1 is 0.688 bits per heavy atom. The first-order chi connectivity index (χ1) is 6.41. The first-order valence-corrected chi connectivity index (χ1v) is 6.80. The van der Waals surface area contributed by atoms with Crippen molar-refractivity contribution < 1.29 is 50.7 Å². The van der Waals surface area contributed by atoms with Crippen LogP contribution in [-0.2, 0) is 25.8 Å². The van der Waals surface area contributed by atoms with Crippen LogP contribution in [0.25, 0.3) is 0 Å². The van der Waals surface area contributed by atoms with Crippen LogP contribution in [0.3, 0.4) is 0 Å². The fraction of sp³-hybridized carbons (Fsp3) is 0.167. The summed E-state index contributed by atoms with van der Waals surface area (Å²) >= 11 is 0. The summed E-state index contributed by atoms with van der Waals surface area (Å²) in [6.07, 6.45) is 0. The Morgan fingerprint density at radius 3 is 0.938 bits per heavy atom. The van der Waals surface area contributed by atoms with Crippen molar-refractivity contribution in [1.82, 2.24) is 0 Å². The Bertz CT molecular complexity index is 171. The van der Waals surface area contributed by atoms with Gasteiger partial charge in [-0.25, -0.2) is 24.3 Å². The molecule has 0 saturated heterocycles. The van der Waals surface area contributed by atoms with Gasteiger partial charge in [-0.1, -0.05) is 13.1 Å². The molecule has 0 heterocycles. The van der Waals surface area contributed by atoms with Crippen LogP contribution in [0.15, 0.2) is 60.7 Å². The Hall–Kier alpha value is 0.367. The molecule has 0 atom stereocenters. The van der Waals surface area contributed by atoms with E-state index in [0.717, 1.165) is 9.52 Å². The molecule has 16 heavy (non-hydrogen) atoms. The summed E-state index contributed by atoms with van der Waals surface area (Å²) in [5.74, 6) is 0. The third kappa shape index (κ3) is 23.9. The maximum Gasteiger partial charge on any atom is 4.00 e. The van der Waals surface area contributed by atoms with Crippen LogP contribution in [0.2, 0.25) is 13.1 Å². The number of halogens is 2. The first-order valence-electron chi connectivity index (χ1n) is 4.49. The third-order valence-corrected chi connectivity index (χ3v) is 1.11. The van der Waals surface area contributed by atoms with E-state index >= 15 is 0 Å². The monoisotopic (exact) mass is 439 g/mol. The molecule has 0 aromatic heterocycles. The molecule has 2 aromatic rings. The second-order valence-electron chi connectivity index (χ2n) is 2.50. The Morgan fingerprint density at radius 2 is 0.875 bits per heavy atom. The van der Waals surface area contributed by atoms with Crippen molar-refractivity contribution in [3.8, 4) is 0 Å². The van der Waals surface area contributed by atoms with Gasteiger partial charge in [0.15, 0.2) is 0 Å². The molecule has 1 radical (unpaired) electrons. The van der Waals surface area contributed by atoms with Gasteiger partial charge in [0, 0.05) is 9.52 Å². The molecule has 0 spiro atoms. The van der Waals surface area contributed by atoms with E-state index in [4.69, 9.17) is 0 Å². The van der Waals surface area contributed by atoms with Gasteiger partial charge in [0.2, 0.25) is 0 Å². The standard InChI is InChI=1S/2C5H5.C2H7Si.2ClH.Hf/c2*1-2-4-5-3-1;1-3-2;;;/h2*1-5H;3H,1-2H3;2*1H;/q2*-1;;;;+4/p-2. The summed E-state index contributed by atoms with van der Waals surface area (Å²) in [6, 6.07) is 20.0. The van der Waals surface area contributed by atoms with Gasteiger partial charge in [0.25, 0.3) is 0 Å². The molecule has 0 nitrogen and oxygen atoms in total. The predicted octanol–water partition coefficient (Wildman–Crippen LogP) is -2.66.